The van der Waals surface area contributed by atoms with Crippen LogP contribution in [-0.2, 0) is 9.59 Å². The molecule has 9 nitrogen and oxygen atoms in total. The molecule has 0 bridgehead atoms. The number of aliphatic carboxylic acids is 1. The minimum Gasteiger partial charge on any atom is -0.507 e. The molecule has 0 aromatic heterocycles. The van der Waals surface area contributed by atoms with Crippen molar-refractivity contribution in [3.05, 3.63) is 58.5 Å². The van der Waals surface area contributed by atoms with Crippen LogP contribution >= 0.6 is 11.8 Å². The van der Waals surface area contributed by atoms with Gasteiger partial charge >= 0.3 is 11.9 Å². The van der Waals surface area contributed by atoms with Gasteiger partial charge in [0.1, 0.15) is 17.1 Å². The third kappa shape index (κ3) is 5.09. The minimum absolute atomic E-state index is 0.234. The highest BCUT2D eigenvalue weighted by Gasteiger charge is 2.32. The maximum atomic E-state index is 12.8. The Kier molecular flexibility index (Phi) is 6.84. The van der Waals surface area contributed by atoms with E-state index in [-0.39, 0.29) is 11.5 Å². The topological polar surface area (TPSA) is 137 Å². The molecule has 1 atom stereocenters. The van der Waals surface area contributed by atoms with Crippen LogP contribution in [0.5, 0.6) is 11.5 Å². The van der Waals surface area contributed by atoms with Gasteiger partial charge in [0, 0.05) is 12.6 Å². The second-order valence-corrected chi connectivity index (χ2v) is 7.74. The summed E-state index contributed by atoms with van der Waals surface area (Å²) in [4.78, 5) is 41.0. The molecular formula is C22H20N2O7S. The van der Waals surface area contributed by atoms with Crippen molar-refractivity contribution in [2.75, 3.05) is 6.54 Å². The van der Waals surface area contributed by atoms with Crippen LogP contribution in [0.25, 0.3) is 6.08 Å². The Bertz CT molecular complexity index is 1130. The Labute approximate surface area is 187 Å². The number of thioether (sulfide) groups is 1. The predicted molar refractivity (Wildman–Crippen MR) is 119 cm³/mol. The summed E-state index contributed by atoms with van der Waals surface area (Å²) < 4.78 is 5.30. The number of carboxylic acid groups (broad SMARTS) is 2. The first-order valence-corrected chi connectivity index (χ1v) is 10.4. The number of carbonyl (C=O) groups is 3. The number of carbonyl (C=O) groups excluding carboxylic acids is 1. The zero-order chi connectivity index (χ0) is 23.4. The minimum atomic E-state index is -1.25. The monoisotopic (exact) mass is 456 g/mol. The maximum absolute atomic E-state index is 12.8. The van der Waals surface area contributed by atoms with Gasteiger partial charge in [0.2, 0.25) is 0 Å². The number of hydrogen-bond acceptors (Lipinski definition) is 7. The SMILES string of the molecule is CCN1C(=O)/C(=C/c2ccc(OC(C)C(=O)O)cc2)SC1=Nc1ccc(C(=O)O)c(O)c1. The molecule has 3 N–H and O–H groups in total. The average Bonchev–Trinajstić information content (AvgIpc) is 3.03. The second kappa shape index (κ2) is 9.56. The second-order valence-electron chi connectivity index (χ2n) is 6.73. The fourth-order valence-corrected chi connectivity index (χ4v) is 3.86. The number of ether oxygens (including phenoxy) is 1. The lowest BCUT2D eigenvalue weighted by Crippen LogP contribution is -2.28. The average molecular weight is 456 g/mol. The normalized spacial score (nSPS) is 17.1. The molecule has 10 heteroatoms. The number of phenols is 1. The van der Waals surface area contributed by atoms with E-state index in [9.17, 15) is 19.5 Å². The number of aromatic hydroxyl groups is 1. The largest absolute Gasteiger partial charge is 0.507 e. The summed E-state index contributed by atoms with van der Waals surface area (Å²) in [6.07, 6.45) is 0.708. The highest BCUT2D eigenvalue weighted by Crippen LogP contribution is 2.35. The van der Waals surface area contributed by atoms with E-state index in [0.717, 1.165) is 17.3 Å². The standard InChI is InChI=1S/C22H20N2O7S/c1-3-24-19(26)18(10-13-4-7-15(8-5-13)31-12(2)20(27)28)32-22(24)23-14-6-9-16(21(29)30)17(25)11-14/h4-12,25H,3H2,1-2H3,(H,27,28)(H,29,30)/b18-10-,23-22?. The Hall–Kier alpha value is -3.79. The first-order valence-electron chi connectivity index (χ1n) is 9.55. The van der Waals surface area contributed by atoms with E-state index >= 15 is 0 Å². The van der Waals surface area contributed by atoms with E-state index in [1.165, 1.54) is 30.0 Å². The highest BCUT2D eigenvalue weighted by molar-refractivity contribution is 8.18. The lowest BCUT2D eigenvalue weighted by Gasteiger charge is -2.12. The summed E-state index contributed by atoms with van der Waals surface area (Å²) in [5.74, 6) is -2.56. The van der Waals surface area contributed by atoms with Gasteiger partial charge in [-0.3, -0.25) is 9.69 Å². The van der Waals surface area contributed by atoms with Crippen LogP contribution < -0.4 is 4.74 Å². The number of amides is 1. The van der Waals surface area contributed by atoms with Crippen LogP contribution in [0.1, 0.15) is 29.8 Å². The lowest BCUT2D eigenvalue weighted by molar-refractivity contribution is -0.144. The number of amidine groups is 1. The summed E-state index contributed by atoms with van der Waals surface area (Å²) in [5.41, 5.74) is 0.802. The number of aromatic carboxylic acids is 1. The van der Waals surface area contributed by atoms with Gasteiger partial charge in [-0.25, -0.2) is 14.6 Å². The van der Waals surface area contributed by atoms with Gasteiger partial charge < -0.3 is 20.1 Å². The third-order valence-electron chi connectivity index (χ3n) is 4.48. The van der Waals surface area contributed by atoms with E-state index in [0.29, 0.717) is 28.1 Å². The van der Waals surface area contributed by atoms with Gasteiger partial charge in [-0.2, -0.15) is 0 Å². The van der Waals surface area contributed by atoms with Crippen molar-refractivity contribution in [3.8, 4) is 11.5 Å². The smallest absolute Gasteiger partial charge is 0.344 e. The van der Waals surface area contributed by atoms with Gasteiger partial charge in [-0.05, 0) is 61.5 Å². The number of carboxylic acids is 2. The molecule has 1 heterocycles. The fraction of sp³-hybridized carbons (Fsp3) is 0.182. The van der Waals surface area contributed by atoms with Crippen LogP contribution in [0, 0.1) is 0 Å². The Morgan fingerprint density at radius 3 is 2.44 bits per heavy atom. The molecule has 32 heavy (non-hydrogen) atoms. The molecule has 0 spiro atoms. The lowest BCUT2D eigenvalue weighted by atomic mass is 10.2. The molecule has 0 radical (unpaired) electrons. The number of likely N-dealkylation sites (N-methyl/N-ethyl adjacent to an activating group) is 1. The van der Waals surface area contributed by atoms with E-state index in [1.54, 1.807) is 37.3 Å². The summed E-state index contributed by atoms with van der Waals surface area (Å²) in [5, 5.41) is 28.2. The van der Waals surface area contributed by atoms with Gasteiger partial charge in [0.25, 0.3) is 5.91 Å². The first kappa shape index (κ1) is 22.9. The Morgan fingerprint density at radius 2 is 1.88 bits per heavy atom. The number of rotatable bonds is 7. The third-order valence-corrected chi connectivity index (χ3v) is 5.49. The molecule has 1 aliphatic heterocycles. The zero-order valence-corrected chi connectivity index (χ0v) is 18.0. The molecule has 0 saturated carbocycles. The van der Waals surface area contributed by atoms with Crippen LogP contribution in [-0.4, -0.2) is 55.9 Å². The van der Waals surface area contributed by atoms with Gasteiger partial charge in [-0.15, -0.1) is 0 Å². The molecule has 3 rings (SSSR count). The number of nitrogens with zero attached hydrogens (tertiary/aromatic N) is 2. The molecule has 1 aliphatic rings. The van der Waals surface area contributed by atoms with Crippen molar-refractivity contribution in [1.29, 1.82) is 0 Å². The number of hydrogen-bond donors (Lipinski definition) is 3. The van der Waals surface area contributed by atoms with Gasteiger partial charge in [-0.1, -0.05) is 12.1 Å². The van der Waals surface area contributed by atoms with Crippen molar-refractivity contribution >= 4 is 46.5 Å². The van der Waals surface area contributed by atoms with Gasteiger partial charge in [0.05, 0.1) is 10.6 Å². The van der Waals surface area contributed by atoms with E-state index in [1.807, 2.05) is 0 Å². The van der Waals surface area contributed by atoms with E-state index in [2.05, 4.69) is 4.99 Å². The molecule has 166 valence electrons. The molecule has 2 aromatic rings. The number of benzene rings is 2. The number of aliphatic imine (C=N–C) groups is 1. The molecule has 1 fully saturated rings. The molecule has 1 saturated heterocycles. The quantitative estimate of drug-likeness (QED) is 0.538. The van der Waals surface area contributed by atoms with Crippen LogP contribution in [0.4, 0.5) is 5.69 Å². The van der Waals surface area contributed by atoms with Crippen molar-refractivity contribution in [1.82, 2.24) is 4.90 Å². The Morgan fingerprint density at radius 1 is 1.19 bits per heavy atom. The van der Waals surface area contributed by atoms with E-state index in [4.69, 9.17) is 14.9 Å². The predicted octanol–water partition coefficient (Wildman–Crippen LogP) is 3.57. The highest BCUT2D eigenvalue weighted by atomic mass is 32.2. The van der Waals surface area contributed by atoms with Crippen LogP contribution in [0.3, 0.4) is 0 Å². The first-order chi connectivity index (χ1) is 15.2. The van der Waals surface area contributed by atoms with Crippen molar-refractivity contribution in [2.45, 2.75) is 20.0 Å². The zero-order valence-electron chi connectivity index (χ0n) is 17.2. The summed E-state index contributed by atoms with van der Waals surface area (Å²) in [6, 6.07) is 10.6. The van der Waals surface area contributed by atoms with Gasteiger partial charge in [0.15, 0.2) is 11.3 Å². The fourth-order valence-electron chi connectivity index (χ4n) is 2.80. The molecule has 0 aliphatic carbocycles. The van der Waals surface area contributed by atoms with Crippen LogP contribution in [0.15, 0.2) is 52.4 Å². The van der Waals surface area contributed by atoms with Crippen molar-refractivity contribution in [2.24, 2.45) is 4.99 Å². The molecule has 1 amide bonds. The molecule has 1 unspecified atom stereocenters. The maximum Gasteiger partial charge on any atom is 0.344 e. The molecular weight excluding hydrogens is 436 g/mol. The van der Waals surface area contributed by atoms with Crippen LogP contribution in [0.2, 0.25) is 0 Å². The molecule has 2 aromatic carbocycles. The Balaban J connectivity index is 1.82. The van der Waals surface area contributed by atoms with Crippen molar-refractivity contribution < 1.29 is 34.4 Å². The van der Waals surface area contributed by atoms with Crippen molar-refractivity contribution in [3.63, 3.8) is 0 Å². The summed E-state index contributed by atoms with van der Waals surface area (Å²) in [6.45, 7) is 3.61. The summed E-state index contributed by atoms with van der Waals surface area (Å²) >= 11 is 1.16. The van der Waals surface area contributed by atoms with E-state index < -0.39 is 23.8 Å². The summed E-state index contributed by atoms with van der Waals surface area (Å²) in [7, 11) is 0.